The Morgan fingerprint density at radius 3 is 2.65 bits per heavy atom. The Labute approximate surface area is 121 Å². The molecule has 0 fully saturated rings. The van der Waals surface area contributed by atoms with E-state index >= 15 is 0 Å². The molecule has 0 aliphatic heterocycles. The van der Waals surface area contributed by atoms with Crippen LogP contribution in [0.2, 0.25) is 5.02 Å². The summed E-state index contributed by atoms with van der Waals surface area (Å²) < 4.78 is 13.9. The maximum atomic E-state index is 13.9. The highest BCUT2D eigenvalue weighted by Gasteiger charge is 2.15. The third-order valence-corrected chi connectivity index (χ3v) is 3.47. The first-order valence-corrected chi connectivity index (χ1v) is 6.59. The van der Waals surface area contributed by atoms with E-state index in [9.17, 15) is 4.39 Å². The molecule has 4 heteroatoms. The van der Waals surface area contributed by atoms with Crippen molar-refractivity contribution in [1.82, 2.24) is 4.98 Å². The monoisotopic (exact) mass is 286 g/mol. The average Bonchev–Trinajstić information content (AvgIpc) is 2.46. The van der Waals surface area contributed by atoms with Crippen LogP contribution in [0.3, 0.4) is 0 Å². The molecule has 1 heterocycles. The van der Waals surface area contributed by atoms with Crippen molar-refractivity contribution < 1.29 is 4.39 Å². The van der Waals surface area contributed by atoms with Crippen LogP contribution in [0.5, 0.6) is 0 Å². The van der Waals surface area contributed by atoms with Crippen LogP contribution in [0, 0.1) is 5.82 Å². The summed E-state index contributed by atoms with van der Waals surface area (Å²) in [6.45, 7) is 0. The summed E-state index contributed by atoms with van der Waals surface area (Å²) in [4.78, 5) is 4.49. The summed E-state index contributed by atoms with van der Waals surface area (Å²) in [5.74, 6) is -0.417. The van der Waals surface area contributed by atoms with Gasteiger partial charge in [0.15, 0.2) is 0 Å². The largest absolute Gasteiger partial charge is 0.319 e. The molecule has 0 amide bonds. The normalized spacial score (nSPS) is 12.6. The Bertz CT molecular complexity index is 773. The Morgan fingerprint density at radius 1 is 1.05 bits per heavy atom. The zero-order valence-corrected chi connectivity index (χ0v) is 11.3. The van der Waals surface area contributed by atoms with Crippen LogP contribution in [0.15, 0.2) is 54.6 Å². The van der Waals surface area contributed by atoms with Crippen LogP contribution in [-0.4, -0.2) is 4.98 Å². The lowest BCUT2D eigenvalue weighted by Gasteiger charge is -2.13. The van der Waals surface area contributed by atoms with Crippen LogP contribution in [0.25, 0.3) is 10.9 Å². The smallest absolute Gasteiger partial charge is 0.129 e. The highest BCUT2D eigenvalue weighted by atomic mass is 35.5. The first-order chi connectivity index (χ1) is 9.65. The van der Waals surface area contributed by atoms with Crippen molar-refractivity contribution in [2.24, 2.45) is 5.73 Å². The topological polar surface area (TPSA) is 38.9 Å². The van der Waals surface area contributed by atoms with Crippen molar-refractivity contribution in [3.63, 3.8) is 0 Å². The molecule has 2 aromatic carbocycles. The molecule has 0 spiro atoms. The number of aromatic nitrogens is 1. The minimum Gasteiger partial charge on any atom is -0.319 e. The molecule has 0 saturated heterocycles. The maximum Gasteiger partial charge on any atom is 0.129 e. The molecule has 3 rings (SSSR count). The third-order valence-electron chi connectivity index (χ3n) is 3.24. The van der Waals surface area contributed by atoms with Gasteiger partial charge in [0, 0.05) is 16.0 Å². The molecular formula is C16H12ClFN2. The Balaban J connectivity index is 2.05. The van der Waals surface area contributed by atoms with E-state index in [1.54, 1.807) is 12.1 Å². The van der Waals surface area contributed by atoms with Gasteiger partial charge in [0.1, 0.15) is 5.82 Å². The molecule has 20 heavy (non-hydrogen) atoms. The van der Waals surface area contributed by atoms with Crippen LogP contribution >= 0.6 is 11.6 Å². The van der Waals surface area contributed by atoms with E-state index in [1.807, 2.05) is 36.4 Å². The molecule has 2 N–H and O–H groups in total. The van der Waals surface area contributed by atoms with Gasteiger partial charge in [-0.25, -0.2) is 4.39 Å². The number of nitrogens with two attached hydrogens (primary N) is 1. The van der Waals surface area contributed by atoms with E-state index in [0.717, 1.165) is 10.9 Å². The van der Waals surface area contributed by atoms with Crippen LogP contribution < -0.4 is 5.73 Å². The van der Waals surface area contributed by atoms with E-state index < -0.39 is 11.9 Å². The van der Waals surface area contributed by atoms with Gasteiger partial charge in [0.05, 0.1) is 17.3 Å². The fraction of sp³-hybridized carbons (Fsp3) is 0.0625. The van der Waals surface area contributed by atoms with E-state index in [4.69, 9.17) is 17.3 Å². The number of hydrogen-bond donors (Lipinski definition) is 1. The first kappa shape index (κ1) is 13.0. The summed E-state index contributed by atoms with van der Waals surface area (Å²) in [6, 6.07) is 15.4. The van der Waals surface area contributed by atoms with Crippen LogP contribution in [0.4, 0.5) is 4.39 Å². The van der Waals surface area contributed by atoms with Gasteiger partial charge in [0.2, 0.25) is 0 Å². The summed E-state index contributed by atoms with van der Waals surface area (Å²) in [5.41, 5.74) is 7.97. The van der Waals surface area contributed by atoms with Crippen LogP contribution in [-0.2, 0) is 0 Å². The standard InChI is InChI=1S/C16H12ClFN2/c17-11-6-7-12(13(18)9-11)16(19)15-8-5-10-3-1-2-4-14(10)20-15/h1-9,16H,19H2. The SMILES string of the molecule is NC(c1ccc2ccccc2n1)c1ccc(Cl)cc1F. The van der Waals surface area contributed by atoms with Crippen molar-refractivity contribution >= 4 is 22.5 Å². The molecule has 1 aromatic heterocycles. The number of nitrogens with zero attached hydrogens (tertiary/aromatic N) is 1. The number of rotatable bonds is 2. The first-order valence-electron chi connectivity index (χ1n) is 6.21. The predicted octanol–water partition coefficient (Wildman–Crippen LogP) is 4.08. The quantitative estimate of drug-likeness (QED) is 0.771. The molecular weight excluding hydrogens is 275 g/mol. The Morgan fingerprint density at radius 2 is 1.85 bits per heavy atom. The summed E-state index contributed by atoms with van der Waals surface area (Å²) in [5, 5.41) is 1.38. The predicted molar refractivity (Wildman–Crippen MR) is 79.2 cm³/mol. The Kier molecular flexibility index (Phi) is 3.38. The van der Waals surface area contributed by atoms with Crippen molar-refractivity contribution in [1.29, 1.82) is 0 Å². The van der Waals surface area contributed by atoms with E-state index in [-0.39, 0.29) is 0 Å². The minimum absolute atomic E-state index is 0.352. The third kappa shape index (κ3) is 2.38. The zero-order chi connectivity index (χ0) is 14.1. The maximum absolute atomic E-state index is 13.9. The lowest BCUT2D eigenvalue weighted by molar-refractivity contribution is 0.597. The van der Waals surface area contributed by atoms with E-state index in [0.29, 0.717) is 16.3 Å². The molecule has 0 radical (unpaired) electrons. The second-order valence-electron chi connectivity index (χ2n) is 4.57. The number of fused-ring (bicyclic) bond motifs is 1. The van der Waals surface area contributed by atoms with E-state index in [1.165, 1.54) is 6.07 Å². The lowest BCUT2D eigenvalue weighted by Crippen LogP contribution is -2.15. The molecule has 100 valence electrons. The molecule has 1 atom stereocenters. The summed E-state index contributed by atoms with van der Waals surface area (Å²) in [6.07, 6.45) is 0. The molecule has 0 aliphatic rings. The number of para-hydroxylation sites is 1. The second kappa shape index (κ2) is 5.19. The van der Waals surface area contributed by atoms with Crippen LogP contribution in [0.1, 0.15) is 17.3 Å². The number of pyridine rings is 1. The number of hydrogen-bond acceptors (Lipinski definition) is 2. The van der Waals surface area contributed by atoms with Crippen molar-refractivity contribution in [2.75, 3.05) is 0 Å². The van der Waals surface area contributed by atoms with Crippen molar-refractivity contribution in [3.05, 3.63) is 76.7 Å². The molecule has 0 aliphatic carbocycles. The van der Waals surface area contributed by atoms with Gasteiger partial charge < -0.3 is 5.73 Å². The van der Waals surface area contributed by atoms with Gasteiger partial charge in [-0.05, 0) is 24.3 Å². The van der Waals surface area contributed by atoms with Gasteiger partial charge in [0.25, 0.3) is 0 Å². The molecule has 2 nitrogen and oxygen atoms in total. The van der Waals surface area contributed by atoms with Gasteiger partial charge in [-0.1, -0.05) is 41.9 Å². The molecule has 0 saturated carbocycles. The molecule has 1 unspecified atom stereocenters. The number of benzene rings is 2. The fourth-order valence-electron chi connectivity index (χ4n) is 2.17. The lowest BCUT2D eigenvalue weighted by atomic mass is 10.0. The minimum atomic E-state index is -0.614. The van der Waals surface area contributed by atoms with Gasteiger partial charge >= 0.3 is 0 Å². The second-order valence-corrected chi connectivity index (χ2v) is 5.01. The molecule has 3 aromatic rings. The fourth-order valence-corrected chi connectivity index (χ4v) is 2.33. The van der Waals surface area contributed by atoms with Crippen molar-refractivity contribution in [3.8, 4) is 0 Å². The van der Waals surface area contributed by atoms with Gasteiger partial charge in [-0.2, -0.15) is 0 Å². The summed E-state index contributed by atoms with van der Waals surface area (Å²) in [7, 11) is 0. The summed E-state index contributed by atoms with van der Waals surface area (Å²) >= 11 is 5.75. The average molecular weight is 287 g/mol. The highest BCUT2D eigenvalue weighted by Crippen LogP contribution is 2.24. The zero-order valence-electron chi connectivity index (χ0n) is 10.6. The molecule has 0 bridgehead atoms. The van der Waals surface area contributed by atoms with E-state index in [2.05, 4.69) is 4.98 Å². The highest BCUT2D eigenvalue weighted by molar-refractivity contribution is 6.30. The number of halogens is 2. The van der Waals surface area contributed by atoms with Gasteiger partial charge in [-0.3, -0.25) is 4.98 Å². The van der Waals surface area contributed by atoms with Crippen molar-refractivity contribution in [2.45, 2.75) is 6.04 Å². The Hall–Kier alpha value is -1.97. The van der Waals surface area contributed by atoms with Gasteiger partial charge in [-0.15, -0.1) is 0 Å².